The maximum Gasteiger partial charge on any atom is 0.267 e. The third-order valence-corrected chi connectivity index (χ3v) is 1.43. The summed E-state index contributed by atoms with van der Waals surface area (Å²) in [6, 6.07) is 3.42. The van der Waals surface area contributed by atoms with Gasteiger partial charge in [-0.1, -0.05) is 0 Å². The molecule has 0 aliphatic heterocycles. The Morgan fingerprint density at radius 3 is 3.00 bits per heavy atom. The fourth-order valence-corrected chi connectivity index (χ4v) is 0.872. The summed E-state index contributed by atoms with van der Waals surface area (Å²) in [5, 5.41) is 0. The molecule has 0 saturated heterocycles. The van der Waals surface area contributed by atoms with E-state index in [4.69, 9.17) is 11.5 Å². The minimum absolute atomic E-state index is 0.273. The molecule has 0 fully saturated rings. The molecule has 0 aromatic carbocycles. The molecule has 1 rings (SSSR count). The molecule has 0 bridgehead atoms. The first kappa shape index (κ1) is 8.67. The van der Waals surface area contributed by atoms with Gasteiger partial charge in [-0.25, -0.2) is 0 Å². The lowest BCUT2D eigenvalue weighted by molar-refractivity contribution is 0.0995. The predicted molar refractivity (Wildman–Crippen MR) is 44.9 cm³/mol. The van der Waals surface area contributed by atoms with Gasteiger partial charge in [0.05, 0.1) is 0 Å². The van der Waals surface area contributed by atoms with Crippen molar-refractivity contribution >= 4 is 5.91 Å². The van der Waals surface area contributed by atoms with Crippen molar-refractivity contribution in [2.45, 2.75) is 6.42 Å². The maximum absolute atomic E-state index is 10.7. The summed E-state index contributed by atoms with van der Waals surface area (Å²) in [5.41, 5.74) is 11.5. The van der Waals surface area contributed by atoms with Crippen LogP contribution in [0.15, 0.2) is 18.3 Å². The van der Waals surface area contributed by atoms with Gasteiger partial charge < -0.3 is 11.5 Å². The largest absolute Gasteiger partial charge is 0.364 e. The van der Waals surface area contributed by atoms with E-state index in [0.717, 1.165) is 5.56 Å². The molecule has 1 aromatic heterocycles. The Balaban J connectivity index is 2.88. The highest BCUT2D eigenvalue weighted by molar-refractivity contribution is 5.90. The molecule has 1 radical (unpaired) electrons. The number of pyridine rings is 1. The molecular weight excluding hydrogens is 154 g/mol. The highest BCUT2D eigenvalue weighted by atomic mass is 16.1. The summed E-state index contributed by atoms with van der Waals surface area (Å²) in [6.07, 6.45) is 2.15. The Morgan fingerprint density at radius 1 is 1.67 bits per heavy atom. The fraction of sp³-hybridized carbons (Fsp3) is 0.125. The van der Waals surface area contributed by atoms with Gasteiger partial charge in [-0.15, -0.1) is 0 Å². The Kier molecular flexibility index (Phi) is 2.76. The van der Waals surface area contributed by atoms with Gasteiger partial charge in [0.2, 0.25) is 0 Å². The van der Waals surface area contributed by atoms with Crippen LogP contribution in [0, 0.1) is 6.54 Å². The monoisotopic (exact) mass is 164 g/mol. The topological polar surface area (TPSA) is 82.0 Å². The van der Waals surface area contributed by atoms with Crippen molar-refractivity contribution in [2.75, 3.05) is 0 Å². The molecule has 1 heterocycles. The molecule has 0 unspecified atom stereocenters. The van der Waals surface area contributed by atoms with Crippen molar-refractivity contribution in [3.63, 3.8) is 0 Å². The number of amides is 1. The zero-order chi connectivity index (χ0) is 8.97. The Labute approximate surface area is 70.6 Å². The van der Waals surface area contributed by atoms with E-state index in [1.54, 1.807) is 18.3 Å². The third-order valence-electron chi connectivity index (χ3n) is 1.43. The molecule has 12 heavy (non-hydrogen) atoms. The standard InChI is InChI=1S/C8H10N3O/c9-3-1-6-2-4-11-7(5-6)8(10)12/h2-5H,1,9H2,(H2,10,12). The first-order valence-corrected chi connectivity index (χ1v) is 3.52. The number of rotatable bonds is 3. The molecule has 1 amide bonds. The van der Waals surface area contributed by atoms with Gasteiger partial charge >= 0.3 is 0 Å². The Bertz CT molecular complexity index is 285. The van der Waals surface area contributed by atoms with Crippen LogP contribution >= 0.6 is 0 Å². The number of nitrogens with zero attached hydrogens (tertiary/aromatic N) is 1. The van der Waals surface area contributed by atoms with Gasteiger partial charge in [0.25, 0.3) is 5.91 Å². The lowest BCUT2D eigenvalue weighted by Crippen LogP contribution is -2.13. The van der Waals surface area contributed by atoms with Crippen molar-refractivity contribution in [1.82, 2.24) is 4.98 Å². The van der Waals surface area contributed by atoms with Crippen molar-refractivity contribution in [3.8, 4) is 0 Å². The third kappa shape index (κ3) is 2.03. The van der Waals surface area contributed by atoms with E-state index in [9.17, 15) is 4.79 Å². The van der Waals surface area contributed by atoms with E-state index in [1.165, 1.54) is 6.54 Å². The van der Waals surface area contributed by atoms with Crippen LogP contribution in [-0.2, 0) is 6.42 Å². The fourth-order valence-electron chi connectivity index (χ4n) is 0.872. The number of carbonyl (C=O) groups is 1. The second-order valence-electron chi connectivity index (χ2n) is 2.35. The van der Waals surface area contributed by atoms with Crippen LogP contribution < -0.4 is 11.5 Å². The molecule has 0 saturated carbocycles. The second-order valence-corrected chi connectivity index (χ2v) is 2.35. The molecule has 0 aliphatic rings. The highest BCUT2D eigenvalue weighted by Gasteiger charge is 2.01. The van der Waals surface area contributed by atoms with Gasteiger partial charge in [-0.3, -0.25) is 9.78 Å². The van der Waals surface area contributed by atoms with Crippen LogP contribution in [0.3, 0.4) is 0 Å². The molecule has 4 nitrogen and oxygen atoms in total. The summed E-state index contributed by atoms with van der Waals surface area (Å²) in [6.45, 7) is 1.51. The molecule has 4 N–H and O–H groups in total. The van der Waals surface area contributed by atoms with E-state index >= 15 is 0 Å². The lowest BCUT2D eigenvalue weighted by Gasteiger charge is -1.98. The minimum atomic E-state index is -0.520. The zero-order valence-electron chi connectivity index (χ0n) is 6.53. The predicted octanol–water partition coefficient (Wildman–Crippen LogP) is -0.157. The number of nitrogens with two attached hydrogens (primary N) is 2. The first-order valence-electron chi connectivity index (χ1n) is 3.52. The minimum Gasteiger partial charge on any atom is -0.364 e. The average molecular weight is 164 g/mol. The van der Waals surface area contributed by atoms with Gasteiger partial charge in [0, 0.05) is 12.7 Å². The van der Waals surface area contributed by atoms with Crippen LogP contribution in [0.5, 0.6) is 0 Å². The first-order chi connectivity index (χ1) is 5.74. The smallest absolute Gasteiger partial charge is 0.267 e. The van der Waals surface area contributed by atoms with Crippen molar-refractivity contribution in [2.24, 2.45) is 11.5 Å². The molecule has 0 atom stereocenters. The van der Waals surface area contributed by atoms with Crippen molar-refractivity contribution in [1.29, 1.82) is 0 Å². The molecule has 0 aliphatic carbocycles. The van der Waals surface area contributed by atoms with Crippen molar-refractivity contribution in [3.05, 3.63) is 36.1 Å². The summed E-state index contributed by atoms with van der Waals surface area (Å²) < 4.78 is 0. The Morgan fingerprint density at radius 2 is 2.42 bits per heavy atom. The average Bonchev–Trinajstić information content (AvgIpc) is 2.05. The zero-order valence-corrected chi connectivity index (χ0v) is 6.53. The van der Waals surface area contributed by atoms with E-state index in [0.29, 0.717) is 6.42 Å². The number of hydrogen-bond donors (Lipinski definition) is 2. The van der Waals surface area contributed by atoms with Gasteiger partial charge in [0.15, 0.2) is 0 Å². The van der Waals surface area contributed by atoms with Gasteiger partial charge in [-0.05, 0) is 24.1 Å². The van der Waals surface area contributed by atoms with E-state index in [-0.39, 0.29) is 5.69 Å². The summed E-state index contributed by atoms with van der Waals surface area (Å²) >= 11 is 0. The SMILES string of the molecule is N[CH]Cc1ccnc(C(N)=O)c1. The quantitative estimate of drug-likeness (QED) is 0.651. The normalized spacial score (nSPS) is 9.75. The number of carbonyl (C=O) groups excluding carboxylic acids is 1. The summed E-state index contributed by atoms with van der Waals surface area (Å²) in [7, 11) is 0. The summed E-state index contributed by atoms with van der Waals surface area (Å²) in [5.74, 6) is -0.520. The van der Waals surface area contributed by atoms with Gasteiger partial charge in [-0.2, -0.15) is 0 Å². The molecule has 63 valence electrons. The molecular formula is C8H10N3O. The van der Waals surface area contributed by atoms with Crippen LogP contribution in [0.2, 0.25) is 0 Å². The molecule has 0 spiro atoms. The van der Waals surface area contributed by atoms with Crippen LogP contribution in [0.25, 0.3) is 0 Å². The van der Waals surface area contributed by atoms with E-state index in [2.05, 4.69) is 4.98 Å². The molecule has 1 aromatic rings. The summed E-state index contributed by atoms with van der Waals surface area (Å²) in [4.78, 5) is 14.5. The number of hydrogen-bond acceptors (Lipinski definition) is 3. The maximum atomic E-state index is 10.7. The lowest BCUT2D eigenvalue weighted by atomic mass is 10.1. The molecule has 4 heteroatoms. The highest BCUT2D eigenvalue weighted by Crippen LogP contribution is 2.02. The van der Waals surface area contributed by atoms with Crippen LogP contribution in [0.1, 0.15) is 16.1 Å². The number of aromatic nitrogens is 1. The van der Waals surface area contributed by atoms with E-state index < -0.39 is 5.91 Å². The second kappa shape index (κ2) is 3.82. The Hall–Kier alpha value is -1.42. The van der Waals surface area contributed by atoms with E-state index in [1.807, 2.05) is 0 Å². The number of primary amides is 1. The van der Waals surface area contributed by atoms with Crippen LogP contribution in [-0.4, -0.2) is 10.9 Å². The van der Waals surface area contributed by atoms with Crippen LogP contribution in [0.4, 0.5) is 0 Å². The van der Waals surface area contributed by atoms with Crippen molar-refractivity contribution < 1.29 is 4.79 Å². The van der Waals surface area contributed by atoms with Gasteiger partial charge in [0.1, 0.15) is 5.69 Å².